The molecule has 0 N–H and O–H groups in total. The molecule has 0 unspecified atom stereocenters. The minimum atomic E-state index is -0.471. The Hall–Kier alpha value is -2.45. The molecule has 1 amide bonds. The van der Waals surface area contributed by atoms with Crippen molar-refractivity contribution in [3.05, 3.63) is 12.1 Å². The predicted molar refractivity (Wildman–Crippen MR) is 78.6 cm³/mol. The van der Waals surface area contributed by atoms with E-state index in [2.05, 4.69) is 25.5 Å². The summed E-state index contributed by atoms with van der Waals surface area (Å²) < 4.78 is 6.79. The van der Waals surface area contributed by atoms with Gasteiger partial charge in [-0.3, -0.25) is 0 Å². The van der Waals surface area contributed by atoms with E-state index in [9.17, 15) is 4.79 Å². The summed E-state index contributed by atoms with van der Waals surface area (Å²) in [5.41, 5.74) is 0.136. The summed E-state index contributed by atoms with van der Waals surface area (Å²) in [6.45, 7) is 8.19. The van der Waals surface area contributed by atoms with Gasteiger partial charge in [0, 0.05) is 26.2 Å². The van der Waals surface area contributed by atoms with Crippen LogP contribution in [0.25, 0.3) is 5.65 Å². The van der Waals surface area contributed by atoms with E-state index >= 15 is 0 Å². The molecule has 2 aromatic rings. The molecule has 1 saturated heterocycles. The van der Waals surface area contributed by atoms with Gasteiger partial charge < -0.3 is 14.5 Å². The number of aromatic nitrogens is 5. The monoisotopic (exact) mass is 305 g/mol. The Morgan fingerprint density at radius 2 is 1.91 bits per heavy atom. The fraction of sp³-hybridized carbons (Fsp3) is 0.615. The van der Waals surface area contributed by atoms with Crippen LogP contribution in [0.4, 0.5) is 10.6 Å². The molecule has 0 aromatic carbocycles. The van der Waals surface area contributed by atoms with Crippen LogP contribution in [-0.2, 0) is 4.74 Å². The van der Waals surface area contributed by atoms with Gasteiger partial charge >= 0.3 is 6.09 Å². The first-order valence-electron chi connectivity index (χ1n) is 7.21. The third-order valence-electron chi connectivity index (χ3n) is 3.31. The van der Waals surface area contributed by atoms with Gasteiger partial charge in [-0.2, -0.15) is 0 Å². The van der Waals surface area contributed by atoms with E-state index in [0.717, 1.165) is 5.82 Å². The molecule has 0 radical (unpaired) electrons. The first kappa shape index (κ1) is 14.5. The summed E-state index contributed by atoms with van der Waals surface area (Å²) in [5, 5.41) is 15.5. The van der Waals surface area contributed by atoms with E-state index in [1.807, 2.05) is 32.9 Å². The van der Waals surface area contributed by atoms with Gasteiger partial charge in [0.05, 0.1) is 0 Å². The van der Waals surface area contributed by atoms with Crippen molar-refractivity contribution in [3.63, 3.8) is 0 Å². The molecule has 0 saturated carbocycles. The van der Waals surface area contributed by atoms with Gasteiger partial charge in [-0.1, -0.05) is 0 Å². The molecule has 9 heteroatoms. The fourth-order valence-corrected chi connectivity index (χ4v) is 2.25. The minimum Gasteiger partial charge on any atom is -0.444 e. The quantitative estimate of drug-likeness (QED) is 0.761. The van der Waals surface area contributed by atoms with Crippen LogP contribution in [0.2, 0.25) is 0 Å². The SMILES string of the molecule is CC(C)(C)OC(=O)N1CCN(c2ccc3nnnn3n2)CC1. The molecule has 2 aromatic heterocycles. The van der Waals surface area contributed by atoms with E-state index in [1.165, 1.54) is 4.63 Å². The van der Waals surface area contributed by atoms with Gasteiger partial charge in [0.25, 0.3) is 0 Å². The van der Waals surface area contributed by atoms with Gasteiger partial charge in [0.2, 0.25) is 0 Å². The second kappa shape index (κ2) is 5.39. The molecule has 22 heavy (non-hydrogen) atoms. The van der Waals surface area contributed by atoms with Crippen LogP contribution in [0.1, 0.15) is 20.8 Å². The summed E-state index contributed by atoms with van der Waals surface area (Å²) in [6, 6.07) is 3.71. The highest BCUT2D eigenvalue weighted by Crippen LogP contribution is 2.16. The van der Waals surface area contributed by atoms with Gasteiger partial charge in [-0.15, -0.1) is 14.8 Å². The Kier molecular flexibility index (Phi) is 3.55. The van der Waals surface area contributed by atoms with Crippen LogP contribution in [0, 0.1) is 0 Å². The van der Waals surface area contributed by atoms with Gasteiger partial charge in [-0.05, 0) is 43.3 Å². The van der Waals surface area contributed by atoms with Gasteiger partial charge in [-0.25, -0.2) is 4.79 Å². The zero-order valence-electron chi connectivity index (χ0n) is 12.9. The lowest BCUT2D eigenvalue weighted by atomic mass is 10.2. The number of piperazine rings is 1. The van der Waals surface area contributed by atoms with Crippen molar-refractivity contribution >= 4 is 17.6 Å². The van der Waals surface area contributed by atoms with Crippen molar-refractivity contribution in [2.45, 2.75) is 26.4 Å². The Labute approximate surface area is 127 Å². The molecule has 0 aliphatic carbocycles. The number of carbonyl (C=O) groups excluding carboxylic acids is 1. The van der Waals surface area contributed by atoms with E-state index < -0.39 is 5.60 Å². The standard InChI is InChI=1S/C13H19N7O2/c1-13(2,3)22-12(21)19-8-6-18(7-9-19)11-5-4-10-14-16-17-20(10)15-11/h4-5H,6-9H2,1-3H3. The molecule has 9 nitrogen and oxygen atoms in total. The molecule has 1 fully saturated rings. The molecule has 1 aliphatic rings. The average molecular weight is 305 g/mol. The number of hydrogen-bond acceptors (Lipinski definition) is 7. The number of nitrogens with zero attached hydrogens (tertiary/aromatic N) is 7. The fourth-order valence-electron chi connectivity index (χ4n) is 2.25. The molecule has 3 heterocycles. The second-order valence-electron chi connectivity index (χ2n) is 6.17. The number of rotatable bonds is 1. The van der Waals surface area contributed by atoms with Crippen LogP contribution < -0.4 is 4.90 Å². The molecule has 0 atom stereocenters. The lowest BCUT2D eigenvalue weighted by molar-refractivity contribution is 0.0240. The smallest absolute Gasteiger partial charge is 0.410 e. The number of carbonyl (C=O) groups is 1. The first-order valence-corrected chi connectivity index (χ1v) is 7.21. The van der Waals surface area contributed by atoms with Crippen molar-refractivity contribution in [2.24, 2.45) is 0 Å². The highest BCUT2D eigenvalue weighted by Gasteiger charge is 2.26. The summed E-state index contributed by atoms with van der Waals surface area (Å²) in [4.78, 5) is 15.9. The number of tetrazole rings is 1. The van der Waals surface area contributed by atoms with E-state index in [0.29, 0.717) is 31.8 Å². The van der Waals surface area contributed by atoms with Crippen LogP contribution in [-0.4, -0.2) is 68.0 Å². The number of anilines is 1. The molecule has 0 bridgehead atoms. The maximum Gasteiger partial charge on any atom is 0.410 e. The Morgan fingerprint density at radius 3 is 2.59 bits per heavy atom. The number of hydrogen-bond donors (Lipinski definition) is 0. The summed E-state index contributed by atoms with van der Waals surface area (Å²) in [5.74, 6) is 0.795. The molecular weight excluding hydrogens is 286 g/mol. The highest BCUT2D eigenvalue weighted by atomic mass is 16.6. The van der Waals surface area contributed by atoms with Crippen molar-refractivity contribution in [1.29, 1.82) is 0 Å². The third kappa shape index (κ3) is 3.07. The molecule has 0 spiro atoms. The summed E-state index contributed by atoms with van der Waals surface area (Å²) in [6.07, 6.45) is -0.268. The molecule has 3 rings (SSSR count). The average Bonchev–Trinajstić information content (AvgIpc) is 2.93. The van der Waals surface area contributed by atoms with Gasteiger partial charge in [0.15, 0.2) is 11.5 Å². The minimum absolute atomic E-state index is 0.268. The Balaban J connectivity index is 1.62. The molecular formula is C13H19N7O2. The maximum atomic E-state index is 12.0. The third-order valence-corrected chi connectivity index (χ3v) is 3.31. The molecule has 118 valence electrons. The van der Waals surface area contributed by atoms with E-state index in [1.54, 1.807) is 4.90 Å². The van der Waals surface area contributed by atoms with Crippen molar-refractivity contribution in [2.75, 3.05) is 31.1 Å². The summed E-state index contributed by atoms with van der Waals surface area (Å²) >= 11 is 0. The van der Waals surface area contributed by atoms with Crippen LogP contribution in [0.3, 0.4) is 0 Å². The Bertz CT molecular complexity index is 670. The van der Waals surface area contributed by atoms with E-state index in [-0.39, 0.29) is 6.09 Å². The second-order valence-corrected chi connectivity index (χ2v) is 6.17. The first-order chi connectivity index (χ1) is 10.4. The Morgan fingerprint density at radius 1 is 1.18 bits per heavy atom. The zero-order chi connectivity index (χ0) is 15.7. The summed E-state index contributed by atoms with van der Waals surface area (Å²) in [7, 11) is 0. The van der Waals surface area contributed by atoms with Crippen LogP contribution in [0.15, 0.2) is 12.1 Å². The number of amides is 1. The lowest BCUT2D eigenvalue weighted by Crippen LogP contribution is -2.50. The topological polar surface area (TPSA) is 88.8 Å². The maximum absolute atomic E-state index is 12.0. The number of fused-ring (bicyclic) bond motifs is 1. The van der Waals surface area contributed by atoms with Gasteiger partial charge in [0.1, 0.15) is 5.60 Å². The van der Waals surface area contributed by atoms with Crippen LogP contribution in [0.5, 0.6) is 0 Å². The highest BCUT2D eigenvalue weighted by molar-refractivity contribution is 5.68. The van der Waals surface area contributed by atoms with E-state index in [4.69, 9.17) is 4.74 Å². The van der Waals surface area contributed by atoms with Crippen LogP contribution >= 0.6 is 0 Å². The largest absolute Gasteiger partial charge is 0.444 e. The van der Waals surface area contributed by atoms with Crippen molar-refractivity contribution in [3.8, 4) is 0 Å². The van der Waals surface area contributed by atoms with Crippen molar-refractivity contribution in [1.82, 2.24) is 30.2 Å². The lowest BCUT2D eigenvalue weighted by Gasteiger charge is -2.35. The van der Waals surface area contributed by atoms with Crippen molar-refractivity contribution < 1.29 is 9.53 Å². The molecule has 1 aliphatic heterocycles. The normalized spacial score (nSPS) is 16.1. The zero-order valence-corrected chi connectivity index (χ0v) is 12.9. The number of ether oxygens (including phenoxy) is 1. The predicted octanol–water partition coefficient (Wildman–Crippen LogP) is 0.576.